The molecule has 1 saturated heterocycles. The van der Waals surface area contributed by atoms with Crippen molar-refractivity contribution in [2.45, 2.75) is 135 Å². The summed E-state index contributed by atoms with van der Waals surface area (Å²) in [6, 6.07) is -2.78. The van der Waals surface area contributed by atoms with Crippen molar-refractivity contribution in [3.63, 3.8) is 0 Å². The molecule has 3 aliphatic carbocycles. The Hall–Kier alpha value is -3.90. The molecule has 4 aliphatic rings. The van der Waals surface area contributed by atoms with Crippen LogP contribution in [0, 0.1) is 17.3 Å². The van der Waals surface area contributed by atoms with Crippen molar-refractivity contribution in [2.24, 2.45) is 17.3 Å². The fourth-order valence-corrected chi connectivity index (χ4v) is 7.08. The van der Waals surface area contributed by atoms with Crippen LogP contribution < -0.4 is 21.3 Å². The Bertz CT molecular complexity index is 1310. The van der Waals surface area contributed by atoms with Crippen molar-refractivity contribution >= 4 is 35.3 Å². The quantitative estimate of drug-likeness (QED) is 0.243. The number of Topliss-reactive ketones (excluding diaryl/α,β-unsaturated/α-hetero) is 1. The zero-order valence-corrected chi connectivity index (χ0v) is 29.6. The maximum Gasteiger partial charge on any atom is 0.289 e. The summed E-state index contributed by atoms with van der Waals surface area (Å²) in [5.74, 6) is -3.32. The van der Waals surface area contributed by atoms with Gasteiger partial charge in [-0.2, -0.15) is 0 Å². The molecule has 2 heterocycles. The fourth-order valence-electron chi connectivity index (χ4n) is 7.08. The number of fused-ring (bicyclic) bond motifs is 1. The highest BCUT2D eigenvalue weighted by Gasteiger charge is 2.52. The minimum atomic E-state index is -0.986. The van der Waals surface area contributed by atoms with E-state index in [-0.39, 0.29) is 30.1 Å². The van der Waals surface area contributed by atoms with Gasteiger partial charge in [-0.05, 0) is 49.4 Å². The fraction of sp³-hybridized carbons (Fsp3) is 0.722. The molecule has 0 aromatic carbocycles. The van der Waals surface area contributed by atoms with E-state index in [9.17, 15) is 28.8 Å². The van der Waals surface area contributed by atoms with E-state index < -0.39 is 58.9 Å². The third kappa shape index (κ3) is 10.8. The topological polar surface area (TPSA) is 180 Å². The summed E-state index contributed by atoms with van der Waals surface area (Å²) >= 11 is 0. The molecule has 49 heavy (non-hydrogen) atoms. The van der Waals surface area contributed by atoms with Crippen LogP contribution in [0.25, 0.3) is 0 Å². The zero-order valence-electron chi connectivity index (χ0n) is 29.6. The van der Waals surface area contributed by atoms with Gasteiger partial charge >= 0.3 is 0 Å². The van der Waals surface area contributed by atoms with E-state index in [0.29, 0.717) is 19.4 Å². The second-order valence-electron chi connectivity index (χ2n) is 15.0. The molecule has 13 nitrogen and oxygen atoms in total. The second-order valence-corrected chi connectivity index (χ2v) is 15.0. The molecule has 0 spiro atoms. The van der Waals surface area contributed by atoms with Gasteiger partial charge in [-0.3, -0.25) is 33.8 Å². The number of amides is 5. The summed E-state index contributed by atoms with van der Waals surface area (Å²) in [4.78, 5) is 87.9. The number of hydrogen-bond acceptors (Lipinski definition) is 8. The molecule has 4 N–H and O–H groups in total. The molecule has 5 atom stereocenters. The van der Waals surface area contributed by atoms with Gasteiger partial charge in [0.15, 0.2) is 0 Å². The number of aromatic nitrogens is 2. The molecule has 1 aromatic rings. The van der Waals surface area contributed by atoms with E-state index in [2.05, 4.69) is 31.2 Å². The normalized spacial score (nSPS) is 22.8. The van der Waals surface area contributed by atoms with Crippen LogP contribution in [0.2, 0.25) is 0 Å². The van der Waals surface area contributed by atoms with Gasteiger partial charge in [0, 0.05) is 25.0 Å². The molecule has 13 heteroatoms. The van der Waals surface area contributed by atoms with Gasteiger partial charge in [-0.15, -0.1) is 0 Å². The van der Waals surface area contributed by atoms with Crippen LogP contribution >= 0.6 is 0 Å². The van der Waals surface area contributed by atoms with Gasteiger partial charge in [0.25, 0.3) is 11.8 Å². The predicted octanol–water partition coefficient (Wildman–Crippen LogP) is 2.84. The summed E-state index contributed by atoms with van der Waals surface area (Å²) < 4.78 is 0. The highest BCUT2D eigenvalue weighted by Crippen LogP contribution is 2.43. The van der Waals surface area contributed by atoms with Gasteiger partial charge in [0.2, 0.25) is 23.5 Å². The standard InChI is InChI=1S/C30H43N7O6.C6H12/c1-5-7-20(24(39)28(42)34-18-10-11-18)35-27(41)23-19-9-6-8-17(19)16-37(23)29(43)25(30(2,3)4)36-22(38)15-33-26(40)21-14-31-12-13-32-21;1-2-4-6-5-3-1/h12-14,17-20,23,25H,5-11,15-16H2,1-4H3,(H,33,40)(H,34,42)(H,35,41)(H,36,38);1-6H2. The number of nitrogens with zero attached hydrogens (tertiary/aromatic N) is 3. The average molecular weight is 682 g/mol. The molecule has 4 fully saturated rings. The third-order valence-electron chi connectivity index (χ3n) is 9.91. The number of likely N-dealkylation sites (tertiary alicyclic amines) is 1. The molecule has 3 saturated carbocycles. The SMILES string of the molecule is C1CCCCC1.CCCC(NC(=O)C1C2CCCC2CN1C(=O)C(NC(=O)CNC(=O)c1cnccn1)C(C)(C)C)C(=O)C(=O)NC1CC1. The Morgan fingerprint density at radius 3 is 2.14 bits per heavy atom. The molecule has 0 bridgehead atoms. The number of hydrogen-bond donors (Lipinski definition) is 4. The molecular weight excluding hydrogens is 626 g/mol. The van der Waals surface area contributed by atoms with E-state index in [1.54, 1.807) is 0 Å². The van der Waals surface area contributed by atoms with Gasteiger partial charge in [-0.25, -0.2) is 4.98 Å². The smallest absolute Gasteiger partial charge is 0.289 e. The summed E-state index contributed by atoms with van der Waals surface area (Å²) in [5, 5.41) is 10.8. The lowest BCUT2D eigenvalue weighted by atomic mass is 9.85. The van der Waals surface area contributed by atoms with Gasteiger partial charge in [0.05, 0.1) is 18.8 Å². The molecule has 5 amide bonds. The highest BCUT2D eigenvalue weighted by atomic mass is 16.2. The lowest BCUT2D eigenvalue weighted by Crippen LogP contribution is -2.60. The van der Waals surface area contributed by atoms with E-state index in [1.165, 1.54) is 62.0 Å². The first-order chi connectivity index (χ1) is 23.4. The first-order valence-electron chi connectivity index (χ1n) is 18.2. The molecule has 5 rings (SSSR count). The number of ketones is 1. The Morgan fingerprint density at radius 1 is 0.898 bits per heavy atom. The van der Waals surface area contributed by atoms with Crippen LogP contribution in [0.15, 0.2) is 18.6 Å². The Morgan fingerprint density at radius 2 is 1.57 bits per heavy atom. The van der Waals surface area contributed by atoms with E-state index in [4.69, 9.17) is 0 Å². The van der Waals surface area contributed by atoms with Gasteiger partial charge in [-0.1, -0.05) is 79.1 Å². The van der Waals surface area contributed by atoms with Crippen LogP contribution in [0.3, 0.4) is 0 Å². The summed E-state index contributed by atoms with van der Waals surface area (Å²) in [6.07, 6.45) is 18.2. The van der Waals surface area contributed by atoms with Crippen LogP contribution in [-0.2, 0) is 24.0 Å². The van der Waals surface area contributed by atoms with Gasteiger partial charge in [0.1, 0.15) is 17.8 Å². The molecule has 270 valence electrons. The Balaban J connectivity index is 0.000000812. The van der Waals surface area contributed by atoms with Gasteiger partial charge < -0.3 is 26.2 Å². The summed E-state index contributed by atoms with van der Waals surface area (Å²) in [6.45, 7) is 7.29. The molecule has 1 aliphatic heterocycles. The van der Waals surface area contributed by atoms with Crippen molar-refractivity contribution in [1.82, 2.24) is 36.1 Å². The van der Waals surface area contributed by atoms with Crippen molar-refractivity contribution in [2.75, 3.05) is 13.1 Å². The third-order valence-corrected chi connectivity index (χ3v) is 9.91. The van der Waals surface area contributed by atoms with Crippen LogP contribution in [0.1, 0.15) is 122 Å². The average Bonchev–Trinajstić information content (AvgIpc) is 3.66. The molecule has 5 unspecified atom stereocenters. The predicted molar refractivity (Wildman–Crippen MR) is 183 cm³/mol. The Labute approximate surface area is 289 Å². The summed E-state index contributed by atoms with van der Waals surface area (Å²) in [7, 11) is 0. The maximum absolute atomic E-state index is 14.1. The van der Waals surface area contributed by atoms with Crippen LogP contribution in [0.4, 0.5) is 0 Å². The van der Waals surface area contributed by atoms with E-state index in [1.807, 2.05) is 27.7 Å². The number of rotatable bonds is 12. The van der Waals surface area contributed by atoms with Crippen molar-refractivity contribution < 1.29 is 28.8 Å². The molecule has 1 aromatic heterocycles. The number of carbonyl (C=O) groups excluding carboxylic acids is 6. The second kappa shape index (κ2) is 17.7. The van der Waals surface area contributed by atoms with Crippen molar-refractivity contribution in [1.29, 1.82) is 0 Å². The lowest BCUT2D eigenvalue weighted by Gasteiger charge is -2.36. The van der Waals surface area contributed by atoms with Crippen LogP contribution in [-0.4, -0.2) is 87.4 Å². The summed E-state index contributed by atoms with van der Waals surface area (Å²) in [5.41, 5.74) is -0.664. The Kier molecular flexibility index (Phi) is 13.7. The largest absolute Gasteiger partial charge is 0.347 e. The minimum Gasteiger partial charge on any atom is -0.347 e. The number of carbonyl (C=O) groups is 6. The first-order valence-corrected chi connectivity index (χ1v) is 18.2. The molecular formula is C36H55N7O6. The lowest BCUT2D eigenvalue weighted by molar-refractivity contribution is -0.145. The van der Waals surface area contributed by atoms with Crippen molar-refractivity contribution in [3.05, 3.63) is 24.3 Å². The highest BCUT2D eigenvalue weighted by molar-refractivity contribution is 6.38. The number of nitrogens with one attached hydrogen (secondary N) is 4. The monoisotopic (exact) mass is 681 g/mol. The van der Waals surface area contributed by atoms with E-state index >= 15 is 0 Å². The van der Waals surface area contributed by atoms with Crippen molar-refractivity contribution in [3.8, 4) is 0 Å². The minimum absolute atomic E-state index is 0.0153. The zero-order chi connectivity index (χ0) is 35.6. The first kappa shape index (κ1) is 37.9. The molecule has 0 radical (unpaired) electrons. The van der Waals surface area contributed by atoms with E-state index in [0.717, 1.165) is 32.1 Å². The maximum atomic E-state index is 14.1. The van der Waals surface area contributed by atoms with Crippen LogP contribution in [0.5, 0.6) is 0 Å².